The molecule has 0 aliphatic carbocycles. The minimum Gasteiger partial charge on any atom is -0.462 e. The molecule has 0 saturated carbocycles. The van der Waals surface area contributed by atoms with E-state index in [2.05, 4.69) is 10.3 Å². The minimum absolute atomic E-state index is 0.191. The second kappa shape index (κ2) is 8.79. The molecule has 0 unspecified atom stereocenters. The zero-order chi connectivity index (χ0) is 18.2. The minimum atomic E-state index is -0.683. The van der Waals surface area contributed by atoms with Crippen molar-refractivity contribution in [3.63, 3.8) is 0 Å². The molecule has 1 amide bonds. The van der Waals surface area contributed by atoms with E-state index in [4.69, 9.17) is 21.1 Å². The lowest BCUT2D eigenvalue weighted by molar-refractivity contribution is -0.119. The quantitative estimate of drug-likeness (QED) is 0.627. The summed E-state index contributed by atoms with van der Waals surface area (Å²) in [5, 5.41) is 2.80. The topological polar surface area (TPSA) is 94.6 Å². The maximum absolute atomic E-state index is 11.8. The number of carbonyl (C=O) groups is 3. The van der Waals surface area contributed by atoms with Gasteiger partial charge in [0.1, 0.15) is 5.15 Å². The standard InChI is InChI=1S/C17H15ClN2O5/c1-2-24-16(22)11-3-6-13(7-4-11)20-15(21)10-25-17(23)12-5-8-14(18)19-9-12/h3-9H,2,10H2,1H3,(H,20,21). The lowest BCUT2D eigenvalue weighted by Gasteiger charge is -2.07. The molecule has 8 heteroatoms. The van der Waals surface area contributed by atoms with Gasteiger partial charge < -0.3 is 14.8 Å². The normalized spacial score (nSPS) is 10.0. The Labute approximate surface area is 148 Å². The maximum Gasteiger partial charge on any atom is 0.340 e. The number of esters is 2. The van der Waals surface area contributed by atoms with E-state index in [0.29, 0.717) is 11.3 Å². The number of hydrogen-bond donors (Lipinski definition) is 1. The van der Waals surface area contributed by atoms with Gasteiger partial charge in [-0.1, -0.05) is 11.6 Å². The van der Waals surface area contributed by atoms with Crippen LogP contribution < -0.4 is 5.32 Å². The van der Waals surface area contributed by atoms with Gasteiger partial charge >= 0.3 is 11.9 Å². The van der Waals surface area contributed by atoms with E-state index in [1.807, 2.05) is 0 Å². The number of halogens is 1. The van der Waals surface area contributed by atoms with Crippen molar-refractivity contribution in [3.05, 3.63) is 58.9 Å². The van der Waals surface area contributed by atoms with Crippen LogP contribution in [0.15, 0.2) is 42.6 Å². The summed E-state index contributed by atoms with van der Waals surface area (Å²) in [6, 6.07) is 9.05. The number of carbonyl (C=O) groups excluding carboxylic acids is 3. The predicted molar refractivity (Wildman–Crippen MR) is 90.6 cm³/mol. The summed E-state index contributed by atoms with van der Waals surface area (Å²) in [4.78, 5) is 38.9. The third-order valence-electron chi connectivity index (χ3n) is 2.98. The van der Waals surface area contributed by atoms with Gasteiger partial charge in [0.25, 0.3) is 5.91 Å². The molecule has 1 aromatic carbocycles. The fourth-order valence-electron chi connectivity index (χ4n) is 1.81. The summed E-state index contributed by atoms with van der Waals surface area (Å²) >= 11 is 5.63. The Morgan fingerprint density at radius 1 is 1.00 bits per heavy atom. The van der Waals surface area contributed by atoms with Crippen molar-refractivity contribution in [1.82, 2.24) is 4.98 Å². The first kappa shape index (κ1) is 18.4. The molecule has 25 heavy (non-hydrogen) atoms. The molecule has 0 aliphatic heterocycles. The molecule has 2 rings (SSSR count). The van der Waals surface area contributed by atoms with Crippen LogP contribution in [0.5, 0.6) is 0 Å². The first-order valence-corrected chi connectivity index (χ1v) is 7.73. The zero-order valence-corrected chi connectivity index (χ0v) is 14.1. The highest BCUT2D eigenvalue weighted by Gasteiger charge is 2.11. The second-order valence-corrected chi connectivity index (χ2v) is 5.18. The number of rotatable bonds is 6. The molecule has 1 heterocycles. The Morgan fingerprint density at radius 2 is 1.64 bits per heavy atom. The van der Waals surface area contributed by atoms with Gasteiger partial charge in [0.15, 0.2) is 6.61 Å². The Balaban J connectivity index is 1.84. The van der Waals surface area contributed by atoms with Crippen molar-refractivity contribution in [2.45, 2.75) is 6.92 Å². The van der Waals surface area contributed by atoms with E-state index in [0.717, 1.165) is 0 Å². The number of anilines is 1. The smallest absolute Gasteiger partial charge is 0.340 e. The van der Waals surface area contributed by atoms with Crippen LogP contribution >= 0.6 is 11.6 Å². The molecule has 0 saturated heterocycles. The fourth-order valence-corrected chi connectivity index (χ4v) is 1.92. The molecule has 2 aromatic rings. The summed E-state index contributed by atoms with van der Waals surface area (Å²) in [6.07, 6.45) is 1.26. The molecule has 7 nitrogen and oxygen atoms in total. The molecule has 130 valence electrons. The molecule has 0 aliphatic rings. The van der Waals surface area contributed by atoms with Gasteiger partial charge in [-0.3, -0.25) is 4.79 Å². The van der Waals surface area contributed by atoms with Gasteiger partial charge in [-0.25, -0.2) is 14.6 Å². The van der Waals surface area contributed by atoms with Crippen LogP contribution in [0.3, 0.4) is 0 Å². The monoisotopic (exact) mass is 362 g/mol. The first-order chi connectivity index (χ1) is 12.0. The van der Waals surface area contributed by atoms with Crippen LogP contribution in [-0.2, 0) is 14.3 Å². The lowest BCUT2D eigenvalue weighted by Crippen LogP contribution is -2.21. The van der Waals surface area contributed by atoms with E-state index >= 15 is 0 Å². The van der Waals surface area contributed by atoms with Crippen molar-refractivity contribution >= 4 is 35.1 Å². The highest BCUT2D eigenvalue weighted by Crippen LogP contribution is 2.11. The van der Waals surface area contributed by atoms with Crippen LogP contribution in [0.4, 0.5) is 5.69 Å². The summed E-state index contributed by atoms with van der Waals surface area (Å²) in [7, 11) is 0. The number of nitrogens with zero attached hydrogens (tertiary/aromatic N) is 1. The van der Waals surface area contributed by atoms with E-state index in [1.54, 1.807) is 19.1 Å². The van der Waals surface area contributed by atoms with Gasteiger partial charge in [0.05, 0.1) is 17.7 Å². The summed E-state index contributed by atoms with van der Waals surface area (Å²) in [6.45, 7) is 1.54. The van der Waals surface area contributed by atoms with Crippen LogP contribution in [0.1, 0.15) is 27.6 Å². The molecule has 0 bridgehead atoms. The number of hydrogen-bond acceptors (Lipinski definition) is 6. The molecule has 1 aromatic heterocycles. The van der Waals surface area contributed by atoms with Crippen LogP contribution in [0.2, 0.25) is 5.15 Å². The van der Waals surface area contributed by atoms with Gasteiger partial charge in [0, 0.05) is 11.9 Å². The molecule has 0 atom stereocenters. The van der Waals surface area contributed by atoms with E-state index < -0.39 is 24.5 Å². The third kappa shape index (κ3) is 5.58. The molecule has 0 spiro atoms. The maximum atomic E-state index is 11.8. The SMILES string of the molecule is CCOC(=O)c1ccc(NC(=O)COC(=O)c2ccc(Cl)nc2)cc1. The summed E-state index contributed by atoms with van der Waals surface area (Å²) < 4.78 is 9.75. The third-order valence-corrected chi connectivity index (χ3v) is 3.20. The predicted octanol–water partition coefficient (Wildman–Crippen LogP) is 2.71. The molecular formula is C17H15ClN2O5. The number of amides is 1. The van der Waals surface area contributed by atoms with E-state index in [-0.39, 0.29) is 17.3 Å². The summed E-state index contributed by atoms with van der Waals surface area (Å²) in [5.74, 6) is -1.64. The molecular weight excluding hydrogens is 348 g/mol. The highest BCUT2D eigenvalue weighted by atomic mass is 35.5. The van der Waals surface area contributed by atoms with Crippen molar-refractivity contribution in [2.75, 3.05) is 18.5 Å². The Kier molecular flexibility index (Phi) is 6.47. The Bertz CT molecular complexity index is 760. The molecule has 1 N–H and O–H groups in total. The van der Waals surface area contributed by atoms with Crippen molar-refractivity contribution in [3.8, 4) is 0 Å². The van der Waals surface area contributed by atoms with Gasteiger partial charge in [-0.2, -0.15) is 0 Å². The summed E-state index contributed by atoms with van der Waals surface area (Å²) in [5.41, 5.74) is 1.03. The number of nitrogens with one attached hydrogen (secondary N) is 1. The number of benzene rings is 1. The van der Waals surface area contributed by atoms with E-state index in [1.165, 1.54) is 30.5 Å². The largest absolute Gasteiger partial charge is 0.462 e. The van der Waals surface area contributed by atoms with Crippen molar-refractivity contribution in [2.24, 2.45) is 0 Å². The Hall–Kier alpha value is -2.93. The van der Waals surface area contributed by atoms with Gasteiger partial charge in [-0.05, 0) is 43.3 Å². The average molecular weight is 363 g/mol. The van der Waals surface area contributed by atoms with Crippen LogP contribution in [-0.4, -0.2) is 36.0 Å². The molecule has 0 fully saturated rings. The fraction of sp³-hybridized carbons (Fsp3) is 0.176. The van der Waals surface area contributed by atoms with Crippen molar-refractivity contribution < 1.29 is 23.9 Å². The van der Waals surface area contributed by atoms with Crippen LogP contribution in [0.25, 0.3) is 0 Å². The molecule has 0 radical (unpaired) electrons. The first-order valence-electron chi connectivity index (χ1n) is 7.35. The van der Waals surface area contributed by atoms with E-state index in [9.17, 15) is 14.4 Å². The van der Waals surface area contributed by atoms with Crippen LogP contribution in [0, 0.1) is 0 Å². The van der Waals surface area contributed by atoms with Gasteiger partial charge in [0.2, 0.25) is 0 Å². The number of aromatic nitrogens is 1. The Morgan fingerprint density at radius 3 is 2.24 bits per heavy atom. The number of pyridine rings is 1. The lowest BCUT2D eigenvalue weighted by atomic mass is 10.2. The number of ether oxygens (including phenoxy) is 2. The zero-order valence-electron chi connectivity index (χ0n) is 13.3. The van der Waals surface area contributed by atoms with Gasteiger partial charge in [-0.15, -0.1) is 0 Å². The highest BCUT2D eigenvalue weighted by molar-refractivity contribution is 6.29. The van der Waals surface area contributed by atoms with Crippen molar-refractivity contribution in [1.29, 1.82) is 0 Å². The second-order valence-electron chi connectivity index (χ2n) is 4.79. The average Bonchev–Trinajstić information content (AvgIpc) is 2.61.